The molecule has 2 heterocycles. The minimum absolute atomic E-state index is 0.0973. The van der Waals surface area contributed by atoms with Crippen LogP contribution in [0.1, 0.15) is 52.2 Å². The summed E-state index contributed by atoms with van der Waals surface area (Å²) in [7, 11) is 0. The Morgan fingerprint density at radius 3 is 2.31 bits per heavy atom. The summed E-state index contributed by atoms with van der Waals surface area (Å²) in [6.07, 6.45) is 4.37. The van der Waals surface area contributed by atoms with Gasteiger partial charge < -0.3 is 10.2 Å². The SMILES string of the molecule is O=C(NC1CCCC1)c1cccc(C(=O)N2CCN(Cc3ccccc3)CC2)n1. The highest BCUT2D eigenvalue weighted by molar-refractivity contribution is 5.96. The number of hydrogen-bond acceptors (Lipinski definition) is 4. The van der Waals surface area contributed by atoms with Crippen molar-refractivity contribution < 1.29 is 9.59 Å². The van der Waals surface area contributed by atoms with Gasteiger partial charge in [-0.2, -0.15) is 0 Å². The van der Waals surface area contributed by atoms with E-state index in [1.807, 2.05) is 11.0 Å². The number of aromatic nitrogens is 1. The monoisotopic (exact) mass is 392 g/mol. The second-order valence-corrected chi connectivity index (χ2v) is 7.92. The fraction of sp³-hybridized carbons (Fsp3) is 0.435. The van der Waals surface area contributed by atoms with E-state index in [4.69, 9.17) is 0 Å². The molecule has 1 aliphatic heterocycles. The van der Waals surface area contributed by atoms with Gasteiger partial charge in [-0.05, 0) is 30.5 Å². The highest BCUT2D eigenvalue weighted by Crippen LogP contribution is 2.18. The van der Waals surface area contributed by atoms with Gasteiger partial charge in [-0.15, -0.1) is 0 Å². The summed E-state index contributed by atoms with van der Waals surface area (Å²) in [5.41, 5.74) is 1.96. The van der Waals surface area contributed by atoms with Gasteiger partial charge in [-0.1, -0.05) is 49.2 Å². The molecular weight excluding hydrogens is 364 g/mol. The molecule has 1 saturated heterocycles. The summed E-state index contributed by atoms with van der Waals surface area (Å²) in [5, 5.41) is 3.04. The molecule has 1 saturated carbocycles. The molecule has 0 spiro atoms. The van der Waals surface area contributed by atoms with Crippen LogP contribution in [0.5, 0.6) is 0 Å². The molecule has 0 atom stereocenters. The van der Waals surface area contributed by atoms with Crippen LogP contribution in [0.15, 0.2) is 48.5 Å². The van der Waals surface area contributed by atoms with E-state index in [1.165, 1.54) is 5.56 Å². The number of pyridine rings is 1. The summed E-state index contributed by atoms with van der Waals surface area (Å²) < 4.78 is 0. The smallest absolute Gasteiger partial charge is 0.272 e. The van der Waals surface area contributed by atoms with Crippen molar-refractivity contribution in [2.75, 3.05) is 26.2 Å². The first-order chi connectivity index (χ1) is 14.2. The van der Waals surface area contributed by atoms with E-state index >= 15 is 0 Å². The molecule has 152 valence electrons. The lowest BCUT2D eigenvalue weighted by molar-refractivity contribution is 0.0622. The van der Waals surface area contributed by atoms with E-state index < -0.39 is 0 Å². The molecule has 2 fully saturated rings. The van der Waals surface area contributed by atoms with Gasteiger partial charge >= 0.3 is 0 Å². The third-order valence-corrected chi connectivity index (χ3v) is 5.80. The lowest BCUT2D eigenvalue weighted by atomic mass is 10.2. The number of carbonyl (C=O) groups excluding carboxylic acids is 2. The molecule has 4 rings (SSSR count). The van der Waals surface area contributed by atoms with Gasteiger partial charge in [0, 0.05) is 38.8 Å². The number of nitrogens with one attached hydrogen (secondary N) is 1. The van der Waals surface area contributed by atoms with Crippen LogP contribution in [0.25, 0.3) is 0 Å². The molecule has 0 radical (unpaired) electrons. The lowest BCUT2D eigenvalue weighted by Crippen LogP contribution is -2.48. The van der Waals surface area contributed by atoms with E-state index in [0.29, 0.717) is 24.5 Å². The van der Waals surface area contributed by atoms with Gasteiger partial charge in [-0.25, -0.2) is 4.98 Å². The third kappa shape index (κ3) is 5.01. The van der Waals surface area contributed by atoms with Crippen LogP contribution in [0, 0.1) is 0 Å². The van der Waals surface area contributed by atoms with E-state index in [1.54, 1.807) is 18.2 Å². The molecule has 0 unspecified atom stereocenters. The second kappa shape index (κ2) is 9.18. The van der Waals surface area contributed by atoms with Gasteiger partial charge in [0.2, 0.25) is 0 Å². The highest BCUT2D eigenvalue weighted by atomic mass is 16.2. The maximum Gasteiger partial charge on any atom is 0.272 e. The van der Waals surface area contributed by atoms with Crippen molar-refractivity contribution in [2.24, 2.45) is 0 Å². The maximum atomic E-state index is 12.9. The predicted molar refractivity (Wildman–Crippen MR) is 112 cm³/mol. The van der Waals surface area contributed by atoms with Crippen LogP contribution in [0.4, 0.5) is 0 Å². The summed E-state index contributed by atoms with van der Waals surface area (Å²) >= 11 is 0. The zero-order chi connectivity index (χ0) is 20.1. The molecule has 1 aromatic heterocycles. The van der Waals surface area contributed by atoms with Crippen molar-refractivity contribution in [3.63, 3.8) is 0 Å². The average Bonchev–Trinajstić information content (AvgIpc) is 3.28. The fourth-order valence-corrected chi connectivity index (χ4v) is 4.12. The molecule has 1 aliphatic carbocycles. The summed E-state index contributed by atoms with van der Waals surface area (Å²) in [5.74, 6) is -0.279. The first-order valence-electron chi connectivity index (χ1n) is 10.5. The van der Waals surface area contributed by atoms with E-state index in [-0.39, 0.29) is 17.9 Å². The van der Waals surface area contributed by atoms with Gasteiger partial charge in [0.1, 0.15) is 11.4 Å². The summed E-state index contributed by atoms with van der Waals surface area (Å²) in [6, 6.07) is 15.7. The molecule has 6 nitrogen and oxygen atoms in total. The quantitative estimate of drug-likeness (QED) is 0.850. The zero-order valence-corrected chi connectivity index (χ0v) is 16.7. The van der Waals surface area contributed by atoms with E-state index in [9.17, 15) is 9.59 Å². The van der Waals surface area contributed by atoms with Crippen LogP contribution in [0.2, 0.25) is 0 Å². The minimum Gasteiger partial charge on any atom is -0.348 e. The molecular formula is C23H28N4O2. The van der Waals surface area contributed by atoms with E-state index in [2.05, 4.69) is 39.5 Å². The van der Waals surface area contributed by atoms with Crippen LogP contribution >= 0.6 is 0 Å². The largest absolute Gasteiger partial charge is 0.348 e. The molecule has 0 bridgehead atoms. The summed E-state index contributed by atoms with van der Waals surface area (Å²) in [6.45, 7) is 3.92. The molecule has 2 amide bonds. The first-order valence-corrected chi connectivity index (χ1v) is 10.5. The number of carbonyl (C=O) groups is 2. The van der Waals surface area contributed by atoms with Crippen molar-refractivity contribution in [1.82, 2.24) is 20.1 Å². The Hall–Kier alpha value is -2.73. The standard InChI is InChI=1S/C23H28N4O2/c28-22(24-19-9-4-5-10-19)20-11-6-12-21(25-20)23(29)27-15-13-26(14-16-27)17-18-7-2-1-3-8-18/h1-3,6-8,11-12,19H,4-5,9-10,13-17H2,(H,24,28). The third-order valence-electron chi connectivity index (χ3n) is 5.80. The number of benzene rings is 1. The molecule has 6 heteroatoms. The normalized spacial score (nSPS) is 18.0. The van der Waals surface area contributed by atoms with Gasteiger partial charge in [-0.3, -0.25) is 14.5 Å². The Bertz CT molecular complexity index is 841. The summed E-state index contributed by atoms with van der Waals surface area (Å²) in [4.78, 5) is 33.9. The van der Waals surface area contributed by atoms with Crippen molar-refractivity contribution in [3.8, 4) is 0 Å². The predicted octanol–water partition coefficient (Wildman–Crippen LogP) is 2.71. The molecule has 1 aromatic carbocycles. The Labute approximate surface area is 171 Å². The van der Waals surface area contributed by atoms with Crippen LogP contribution in [0.3, 0.4) is 0 Å². The number of rotatable bonds is 5. The molecule has 29 heavy (non-hydrogen) atoms. The van der Waals surface area contributed by atoms with Gasteiger partial charge in [0.15, 0.2) is 0 Å². The van der Waals surface area contributed by atoms with Crippen molar-refractivity contribution in [3.05, 3.63) is 65.5 Å². The number of nitrogens with zero attached hydrogens (tertiary/aromatic N) is 3. The minimum atomic E-state index is -0.181. The lowest BCUT2D eigenvalue weighted by Gasteiger charge is -2.34. The van der Waals surface area contributed by atoms with Gasteiger partial charge in [0.25, 0.3) is 11.8 Å². The number of hydrogen-bond donors (Lipinski definition) is 1. The average molecular weight is 393 g/mol. The van der Waals surface area contributed by atoms with Gasteiger partial charge in [0.05, 0.1) is 0 Å². The zero-order valence-electron chi connectivity index (χ0n) is 16.7. The Kier molecular flexibility index (Phi) is 6.20. The second-order valence-electron chi connectivity index (χ2n) is 7.92. The topological polar surface area (TPSA) is 65.5 Å². The van der Waals surface area contributed by atoms with Crippen molar-refractivity contribution >= 4 is 11.8 Å². The highest BCUT2D eigenvalue weighted by Gasteiger charge is 2.24. The van der Waals surface area contributed by atoms with Crippen molar-refractivity contribution in [1.29, 1.82) is 0 Å². The van der Waals surface area contributed by atoms with Crippen molar-refractivity contribution in [2.45, 2.75) is 38.3 Å². The Balaban J connectivity index is 1.33. The first kappa shape index (κ1) is 19.6. The van der Waals surface area contributed by atoms with Crippen LogP contribution in [-0.4, -0.2) is 58.8 Å². The van der Waals surface area contributed by atoms with Crippen LogP contribution < -0.4 is 5.32 Å². The maximum absolute atomic E-state index is 12.9. The fourth-order valence-electron chi connectivity index (χ4n) is 4.12. The van der Waals surface area contributed by atoms with Crippen LogP contribution in [-0.2, 0) is 6.54 Å². The Morgan fingerprint density at radius 2 is 1.59 bits per heavy atom. The van der Waals surface area contributed by atoms with E-state index in [0.717, 1.165) is 45.3 Å². The Morgan fingerprint density at radius 1 is 0.897 bits per heavy atom. The number of piperazine rings is 1. The number of amides is 2. The molecule has 1 N–H and O–H groups in total. The molecule has 2 aromatic rings. The molecule has 2 aliphatic rings.